The number of nitrogens with zero attached hydrogens (tertiary/aromatic N) is 3. The molecule has 0 bridgehead atoms. The maximum absolute atomic E-state index is 5.05. The summed E-state index contributed by atoms with van der Waals surface area (Å²) >= 11 is 0. The van der Waals surface area contributed by atoms with E-state index in [9.17, 15) is 0 Å². The van der Waals surface area contributed by atoms with Crippen molar-refractivity contribution in [3.8, 4) is 5.69 Å². The summed E-state index contributed by atoms with van der Waals surface area (Å²) in [6.07, 6.45) is 3.75. The molecule has 0 atom stereocenters. The summed E-state index contributed by atoms with van der Waals surface area (Å²) in [7, 11) is 5.80. The van der Waals surface area contributed by atoms with Crippen LogP contribution in [0.2, 0.25) is 0 Å². The zero-order valence-electron chi connectivity index (χ0n) is 12.6. The summed E-state index contributed by atoms with van der Waals surface area (Å²) in [5.74, 6) is 0.829. The standard InChI is InChI=1S/C15H22N4O/c1-12-5-6-13(11-14(12)18(2)3)19-9-7-16-15(19)17-8-10-20-4/h5-7,9,11H,8,10H2,1-4H3,(H,16,17). The van der Waals surface area contributed by atoms with Gasteiger partial charge in [-0.05, 0) is 24.6 Å². The highest BCUT2D eigenvalue weighted by atomic mass is 16.5. The summed E-state index contributed by atoms with van der Waals surface area (Å²) < 4.78 is 7.09. The first-order valence-corrected chi connectivity index (χ1v) is 6.68. The molecule has 0 saturated heterocycles. The van der Waals surface area contributed by atoms with E-state index in [2.05, 4.69) is 54.4 Å². The van der Waals surface area contributed by atoms with Crippen molar-refractivity contribution in [3.05, 3.63) is 36.2 Å². The van der Waals surface area contributed by atoms with E-state index in [1.807, 2.05) is 10.8 Å². The summed E-state index contributed by atoms with van der Waals surface area (Å²) in [5.41, 5.74) is 3.56. The van der Waals surface area contributed by atoms with E-state index >= 15 is 0 Å². The Morgan fingerprint density at radius 1 is 1.35 bits per heavy atom. The van der Waals surface area contributed by atoms with Crippen molar-refractivity contribution in [2.45, 2.75) is 6.92 Å². The number of methoxy groups -OCH3 is 1. The lowest BCUT2D eigenvalue weighted by atomic mass is 10.1. The molecule has 5 nitrogen and oxygen atoms in total. The largest absolute Gasteiger partial charge is 0.383 e. The van der Waals surface area contributed by atoms with Gasteiger partial charge < -0.3 is 15.0 Å². The van der Waals surface area contributed by atoms with E-state index < -0.39 is 0 Å². The van der Waals surface area contributed by atoms with E-state index in [1.165, 1.54) is 11.3 Å². The van der Waals surface area contributed by atoms with Gasteiger partial charge in [-0.3, -0.25) is 4.57 Å². The molecule has 108 valence electrons. The smallest absolute Gasteiger partial charge is 0.207 e. The monoisotopic (exact) mass is 274 g/mol. The molecule has 0 amide bonds. The Balaban J connectivity index is 2.28. The van der Waals surface area contributed by atoms with Crippen molar-refractivity contribution >= 4 is 11.6 Å². The van der Waals surface area contributed by atoms with Crippen LogP contribution in [0.5, 0.6) is 0 Å². The van der Waals surface area contributed by atoms with Gasteiger partial charge in [-0.15, -0.1) is 0 Å². The third-order valence-electron chi connectivity index (χ3n) is 3.18. The highest BCUT2D eigenvalue weighted by molar-refractivity contribution is 5.59. The van der Waals surface area contributed by atoms with Crippen LogP contribution in [0.3, 0.4) is 0 Å². The molecule has 0 aliphatic heterocycles. The summed E-state index contributed by atoms with van der Waals surface area (Å²) in [6.45, 7) is 3.51. The van der Waals surface area contributed by atoms with Crippen molar-refractivity contribution < 1.29 is 4.74 Å². The number of nitrogens with one attached hydrogen (secondary N) is 1. The zero-order valence-corrected chi connectivity index (χ0v) is 12.6. The highest BCUT2D eigenvalue weighted by Crippen LogP contribution is 2.23. The van der Waals surface area contributed by atoms with Crippen LogP contribution in [-0.4, -0.2) is 43.9 Å². The Bertz CT molecular complexity index is 563. The van der Waals surface area contributed by atoms with Gasteiger partial charge in [0.15, 0.2) is 0 Å². The van der Waals surface area contributed by atoms with Crippen molar-refractivity contribution in [3.63, 3.8) is 0 Å². The molecular weight excluding hydrogens is 252 g/mol. The normalized spacial score (nSPS) is 10.6. The van der Waals surface area contributed by atoms with E-state index in [4.69, 9.17) is 4.74 Å². The number of rotatable bonds is 6. The predicted octanol–water partition coefficient (Wildman–Crippen LogP) is 2.31. The lowest BCUT2D eigenvalue weighted by Gasteiger charge is -2.18. The van der Waals surface area contributed by atoms with Crippen molar-refractivity contribution in [2.24, 2.45) is 0 Å². The Morgan fingerprint density at radius 2 is 2.15 bits per heavy atom. The molecule has 1 aromatic carbocycles. The maximum Gasteiger partial charge on any atom is 0.207 e. The number of anilines is 2. The van der Waals surface area contributed by atoms with Crippen molar-refractivity contribution in [2.75, 3.05) is 44.6 Å². The van der Waals surface area contributed by atoms with Gasteiger partial charge in [-0.1, -0.05) is 6.07 Å². The maximum atomic E-state index is 5.05. The average Bonchev–Trinajstić information content (AvgIpc) is 2.88. The molecule has 1 aromatic heterocycles. The Labute approximate surface area is 120 Å². The molecule has 1 heterocycles. The van der Waals surface area contributed by atoms with Crippen molar-refractivity contribution in [1.29, 1.82) is 0 Å². The van der Waals surface area contributed by atoms with Crippen LogP contribution in [0.25, 0.3) is 5.69 Å². The topological polar surface area (TPSA) is 42.3 Å². The molecule has 0 fully saturated rings. The van der Waals surface area contributed by atoms with Crippen molar-refractivity contribution in [1.82, 2.24) is 9.55 Å². The predicted molar refractivity (Wildman–Crippen MR) is 83.0 cm³/mol. The van der Waals surface area contributed by atoms with E-state index in [0.717, 1.165) is 18.2 Å². The lowest BCUT2D eigenvalue weighted by molar-refractivity contribution is 0.210. The minimum Gasteiger partial charge on any atom is -0.383 e. The second-order valence-corrected chi connectivity index (χ2v) is 4.91. The Hall–Kier alpha value is -2.01. The summed E-state index contributed by atoms with van der Waals surface area (Å²) in [4.78, 5) is 6.46. The van der Waals surface area contributed by atoms with Gasteiger partial charge in [0.1, 0.15) is 0 Å². The Kier molecular flexibility index (Phi) is 4.63. The van der Waals surface area contributed by atoms with Crippen LogP contribution in [-0.2, 0) is 4.74 Å². The number of hydrogen-bond donors (Lipinski definition) is 1. The Morgan fingerprint density at radius 3 is 2.85 bits per heavy atom. The zero-order chi connectivity index (χ0) is 14.5. The number of aryl methyl sites for hydroxylation is 1. The van der Waals surface area contributed by atoms with Gasteiger partial charge in [0, 0.05) is 45.8 Å². The molecule has 0 radical (unpaired) electrons. The van der Waals surface area contributed by atoms with E-state index in [0.29, 0.717) is 6.61 Å². The van der Waals surface area contributed by atoms with Crippen LogP contribution in [0, 0.1) is 6.92 Å². The fourth-order valence-electron chi connectivity index (χ4n) is 2.14. The second-order valence-electron chi connectivity index (χ2n) is 4.91. The molecule has 2 rings (SSSR count). The molecule has 0 aliphatic rings. The third kappa shape index (κ3) is 3.11. The summed E-state index contributed by atoms with van der Waals surface area (Å²) in [5, 5.41) is 3.27. The van der Waals surface area contributed by atoms with Crippen LogP contribution >= 0.6 is 0 Å². The average molecular weight is 274 g/mol. The number of imidazole rings is 1. The highest BCUT2D eigenvalue weighted by Gasteiger charge is 2.07. The first-order valence-electron chi connectivity index (χ1n) is 6.68. The molecular formula is C15H22N4O. The molecule has 0 unspecified atom stereocenters. The number of aromatic nitrogens is 2. The first-order chi connectivity index (χ1) is 9.63. The lowest BCUT2D eigenvalue weighted by Crippen LogP contribution is -2.13. The number of ether oxygens (including phenoxy) is 1. The molecule has 0 saturated carbocycles. The molecule has 0 aliphatic carbocycles. The van der Waals surface area contributed by atoms with Gasteiger partial charge in [-0.25, -0.2) is 4.98 Å². The van der Waals surface area contributed by atoms with Gasteiger partial charge in [0.25, 0.3) is 0 Å². The minimum absolute atomic E-state index is 0.656. The van der Waals surface area contributed by atoms with Crippen LogP contribution in [0.15, 0.2) is 30.6 Å². The fourth-order valence-corrected chi connectivity index (χ4v) is 2.14. The molecule has 20 heavy (non-hydrogen) atoms. The molecule has 5 heteroatoms. The summed E-state index contributed by atoms with van der Waals surface area (Å²) in [6, 6.07) is 6.40. The van der Waals surface area contributed by atoms with Gasteiger partial charge >= 0.3 is 0 Å². The van der Waals surface area contributed by atoms with Gasteiger partial charge in [0.05, 0.1) is 12.3 Å². The van der Waals surface area contributed by atoms with E-state index in [-0.39, 0.29) is 0 Å². The molecule has 1 N–H and O–H groups in total. The SMILES string of the molecule is COCCNc1nccn1-c1ccc(C)c(N(C)C)c1. The minimum atomic E-state index is 0.656. The number of hydrogen-bond acceptors (Lipinski definition) is 4. The van der Waals surface area contributed by atoms with Gasteiger partial charge in [0.2, 0.25) is 5.95 Å². The van der Waals surface area contributed by atoms with Crippen LogP contribution in [0.1, 0.15) is 5.56 Å². The molecule has 2 aromatic rings. The van der Waals surface area contributed by atoms with Gasteiger partial charge in [-0.2, -0.15) is 0 Å². The fraction of sp³-hybridized carbons (Fsp3) is 0.400. The first kappa shape index (κ1) is 14.4. The number of benzene rings is 1. The van der Waals surface area contributed by atoms with Crippen LogP contribution < -0.4 is 10.2 Å². The van der Waals surface area contributed by atoms with Crippen LogP contribution in [0.4, 0.5) is 11.6 Å². The van der Waals surface area contributed by atoms with E-state index in [1.54, 1.807) is 13.3 Å². The quantitative estimate of drug-likeness (QED) is 0.821. The second kappa shape index (κ2) is 6.43. The third-order valence-corrected chi connectivity index (χ3v) is 3.18. The molecule has 0 spiro atoms.